The molecule has 27 heavy (non-hydrogen) atoms. The number of nitrogens with one attached hydrogen (secondary N) is 1. The molecule has 7 nitrogen and oxygen atoms in total. The first kappa shape index (κ1) is 17.9. The van der Waals surface area contributed by atoms with Crippen molar-refractivity contribution < 1.29 is 18.7 Å². The molecule has 1 aromatic heterocycles. The summed E-state index contributed by atoms with van der Waals surface area (Å²) in [5.41, 5.74) is 2.98. The Morgan fingerprint density at radius 2 is 1.85 bits per heavy atom. The number of halogens is 1. The van der Waals surface area contributed by atoms with Gasteiger partial charge < -0.3 is 4.74 Å². The third kappa shape index (κ3) is 4.79. The maximum atomic E-state index is 13.6. The Bertz CT molecular complexity index is 976. The van der Waals surface area contributed by atoms with Gasteiger partial charge in [0.25, 0.3) is 5.91 Å². The first-order chi connectivity index (χ1) is 13.1. The number of aromatic nitrogens is 2. The topological polar surface area (TPSA) is 93.5 Å². The lowest BCUT2D eigenvalue weighted by atomic mass is 10.2. The minimum Gasteiger partial charge on any atom is -0.423 e. The number of rotatable bonds is 5. The van der Waals surface area contributed by atoms with Gasteiger partial charge in [-0.2, -0.15) is 5.10 Å². The lowest BCUT2D eigenvalue weighted by Gasteiger charge is -2.05. The lowest BCUT2D eigenvalue weighted by molar-refractivity contribution is 0.0729. The molecule has 0 aliphatic carbocycles. The van der Waals surface area contributed by atoms with Crippen LogP contribution in [-0.4, -0.2) is 28.1 Å². The zero-order valence-electron chi connectivity index (χ0n) is 13.9. The Morgan fingerprint density at radius 3 is 2.56 bits per heavy atom. The van der Waals surface area contributed by atoms with Gasteiger partial charge in [-0.15, -0.1) is 0 Å². The van der Waals surface area contributed by atoms with Gasteiger partial charge in [0.2, 0.25) is 0 Å². The number of nitrogens with zero attached hydrogens (tertiary/aromatic N) is 3. The number of hydrogen-bond donors (Lipinski definition) is 1. The highest BCUT2D eigenvalue weighted by Gasteiger charge is 2.13. The van der Waals surface area contributed by atoms with Gasteiger partial charge in [0, 0.05) is 12.4 Å². The zero-order chi connectivity index (χ0) is 19.1. The second-order valence-electron chi connectivity index (χ2n) is 5.23. The number of esters is 1. The Morgan fingerprint density at radius 1 is 1.07 bits per heavy atom. The van der Waals surface area contributed by atoms with Crippen molar-refractivity contribution in [1.29, 1.82) is 0 Å². The number of carbonyl (C=O) groups is 2. The minimum absolute atomic E-state index is 0.144. The average Bonchev–Trinajstić information content (AvgIpc) is 2.70. The summed E-state index contributed by atoms with van der Waals surface area (Å²) in [6.45, 7) is 0. The SMILES string of the molecule is O=C(N/N=C\c1ccc(OC(=O)c2ccccc2F)cc1)c1cnccn1. The van der Waals surface area contributed by atoms with Crippen LogP contribution in [0.4, 0.5) is 4.39 Å². The van der Waals surface area contributed by atoms with Gasteiger partial charge in [-0.05, 0) is 42.0 Å². The van der Waals surface area contributed by atoms with E-state index in [-0.39, 0.29) is 17.0 Å². The molecule has 0 spiro atoms. The maximum absolute atomic E-state index is 13.6. The van der Waals surface area contributed by atoms with Crippen LogP contribution in [0.5, 0.6) is 5.75 Å². The number of ether oxygens (including phenoxy) is 1. The predicted molar refractivity (Wildman–Crippen MR) is 94.9 cm³/mol. The summed E-state index contributed by atoms with van der Waals surface area (Å²) in [5.74, 6) is -1.67. The second-order valence-corrected chi connectivity index (χ2v) is 5.23. The van der Waals surface area contributed by atoms with Crippen LogP contribution in [0.1, 0.15) is 26.4 Å². The van der Waals surface area contributed by atoms with E-state index in [1.54, 1.807) is 18.2 Å². The first-order valence-electron chi connectivity index (χ1n) is 7.79. The summed E-state index contributed by atoms with van der Waals surface area (Å²) < 4.78 is 18.7. The smallest absolute Gasteiger partial charge is 0.346 e. The van der Waals surface area contributed by atoms with E-state index in [0.717, 1.165) is 0 Å². The largest absolute Gasteiger partial charge is 0.423 e. The van der Waals surface area contributed by atoms with Gasteiger partial charge in [0.15, 0.2) is 0 Å². The minimum atomic E-state index is -0.786. The van der Waals surface area contributed by atoms with Gasteiger partial charge in [-0.3, -0.25) is 9.78 Å². The third-order valence-electron chi connectivity index (χ3n) is 3.36. The monoisotopic (exact) mass is 364 g/mol. The van der Waals surface area contributed by atoms with Crippen LogP contribution >= 0.6 is 0 Å². The summed E-state index contributed by atoms with van der Waals surface area (Å²) >= 11 is 0. The van der Waals surface area contributed by atoms with Crippen molar-refractivity contribution in [2.24, 2.45) is 5.10 Å². The van der Waals surface area contributed by atoms with E-state index in [9.17, 15) is 14.0 Å². The molecule has 0 aliphatic rings. The summed E-state index contributed by atoms with van der Waals surface area (Å²) in [4.78, 5) is 31.4. The van der Waals surface area contributed by atoms with Crippen molar-refractivity contribution in [3.8, 4) is 5.75 Å². The maximum Gasteiger partial charge on any atom is 0.346 e. The molecule has 0 unspecified atom stereocenters. The van der Waals surface area contributed by atoms with Crippen LogP contribution in [0.3, 0.4) is 0 Å². The average molecular weight is 364 g/mol. The van der Waals surface area contributed by atoms with Crippen molar-refractivity contribution in [3.05, 3.63) is 89.8 Å². The molecule has 0 saturated heterocycles. The molecule has 0 aliphatic heterocycles. The number of amides is 1. The fourth-order valence-corrected chi connectivity index (χ4v) is 2.05. The molecule has 2 aromatic carbocycles. The molecule has 3 aromatic rings. The van der Waals surface area contributed by atoms with Crippen molar-refractivity contribution >= 4 is 18.1 Å². The number of hydrogen-bond acceptors (Lipinski definition) is 6. The van der Waals surface area contributed by atoms with Gasteiger partial charge in [0.05, 0.1) is 18.0 Å². The highest BCUT2D eigenvalue weighted by atomic mass is 19.1. The Hall–Kier alpha value is -3.94. The normalized spacial score (nSPS) is 10.6. The van der Waals surface area contributed by atoms with Crippen molar-refractivity contribution in [2.75, 3.05) is 0 Å². The standard InChI is InChI=1S/C19H13FN4O3/c20-16-4-2-1-3-15(16)19(26)27-14-7-5-13(6-8-14)11-23-24-18(25)17-12-21-9-10-22-17/h1-12H,(H,24,25)/b23-11-. The number of benzene rings is 2. The van der Waals surface area contributed by atoms with E-state index < -0.39 is 17.7 Å². The molecule has 1 N–H and O–H groups in total. The highest BCUT2D eigenvalue weighted by molar-refractivity contribution is 5.93. The zero-order valence-corrected chi connectivity index (χ0v) is 13.9. The molecule has 1 amide bonds. The summed E-state index contributed by atoms with van der Waals surface area (Å²) in [7, 11) is 0. The van der Waals surface area contributed by atoms with Gasteiger partial charge in [-0.1, -0.05) is 12.1 Å². The fourth-order valence-electron chi connectivity index (χ4n) is 2.05. The van der Waals surface area contributed by atoms with E-state index in [2.05, 4.69) is 20.5 Å². The molecule has 0 bridgehead atoms. The molecule has 8 heteroatoms. The predicted octanol–water partition coefficient (Wildman–Crippen LogP) is 2.60. The van der Waals surface area contributed by atoms with Crippen molar-refractivity contribution in [1.82, 2.24) is 15.4 Å². The molecular weight excluding hydrogens is 351 g/mol. The molecule has 1 heterocycles. The van der Waals surface area contributed by atoms with E-state index in [1.165, 1.54) is 55.1 Å². The molecule has 3 rings (SSSR count). The van der Waals surface area contributed by atoms with Crippen LogP contribution in [0.25, 0.3) is 0 Å². The Labute approximate surface area is 153 Å². The molecule has 0 fully saturated rings. The van der Waals surface area contributed by atoms with Gasteiger partial charge >= 0.3 is 5.97 Å². The second kappa shape index (κ2) is 8.43. The Kier molecular flexibility index (Phi) is 5.58. The quantitative estimate of drug-likeness (QED) is 0.325. The highest BCUT2D eigenvalue weighted by Crippen LogP contribution is 2.15. The molecule has 0 radical (unpaired) electrons. The van der Waals surface area contributed by atoms with Crippen molar-refractivity contribution in [3.63, 3.8) is 0 Å². The first-order valence-corrected chi connectivity index (χ1v) is 7.79. The molecule has 0 saturated carbocycles. The fraction of sp³-hybridized carbons (Fsp3) is 0. The van der Waals surface area contributed by atoms with Crippen LogP contribution in [-0.2, 0) is 0 Å². The third-order valence-corrected chi connectivity index (χ3v) is 3.36. The summed E-state index contributed by atoms with van der Waals surface area (Å²) in [5, 5.41) is 3.82. The lowest BCUT2D eigenvalue weighted by Crippen LogP contribution is -2.19. The van der Waals surface area contributed by atoms with E-state index in [0.29, 0.717) is 5.56 Å². The Balaban J connectivity index is 1.58. The van der Waals surface area contributed by atoms with Crippen LogP contribution in [0.2, 0.25) is 0 Å². The number of hydrazone groups is 1. The molecular formula is C19H13FN4O3. The number of carbonyl (C=O) groups excluding carboxylic acids is 2. The molecule has 0 atom stereocenters. The van der Waals surface area contributed by atoms with E-state index in [1.807, 2.05) is 0 Å². The van der Waals surface area contributed by atoms with Gasteiger partial charge in [0.1, 0.15) is 17.3 Å². The van der Waals surface area contributed by atoms with Crippen LogP contribution < -0.4 is 10.2 Å². The van der Waals surface area contributed by atoms with E-state index in [4.69, 9.17) is 4.74 Å². The van der Waals surface area contributed by atoms with Crippen molar-refractivity contribution in [2.45, 2.75) is 0 Å². The summed E-state index contributed by atoms with van der Waals surface area (Å²) in [6.07, 6.45) is 5.60. The van der Waals surface area contributed by atoms with Gasteiger partial charge in [-0.25, -0.2) is 19.6 Å². The summed E-state index contributed by atoms with van der Waals surface area (Å²) in [6, 6.07) is 11.9. The van der Waals surface area contributed by atoms with Crippen LogP contribution in [0, 0.1) is 5.82 Å². The van der Waals surface area contributed by atoms with E-state index >= 15 is 0 Å². The molecule has 134 valence electrons. The van der Waals surface area contributed by atoms with Crippen LogP contribution in [0.15, 0.2) is 72.2 Å².